The third-order valence-corrected chi connectivity index (χ3v) is 5.41. The summed E-state index contributed by atoms with van der Waals surface area (Å²) in [4.78, 5) is 8.98. The quantitative estimate of drug-likeness (QED) is 0.716. The highest BCUT2D eigenvalue weighted by molar-refractivity contribution is 9.10. The van der Waals surface area contributed by atoms with Gasteiger partial charge in [-0.05, 0) is 53.2 Å². The van der Waals surface area contributed by atoms with Crippen molar-refractivity contribution in [1.29, 1.82) is 0 Å². The van der Waals surface area contributed by atoms with Gasteiger partial charge in [0.2, 0.25) is 0 Å². The predicted molar refractivity (Wildman–Crippen MR) is 80.9 cm³/mol. The van der Waals surface area contributed by atoms with Gasteiger partial charge >= 0.3 is 0 Å². The van der Waals surface area contributed by atoms with Crippen LogP contribution in [0, 0.1) is 5.92 Å². The van der Waals surface area contributed by atoms with Crippen LogP contribution in [0.3, 0.4) is 0 Å². The fourth-order valence-electron chi connectivity index (χ4n) is 2.56. The molecule has 2 atom stereocenters. The Bertz CT molecular complexity index is 681. The van der Waals surface area contributed by atoms with Crippen molar-refractivity contribution in [2.75, 3.05) is 0 Å². The van der Waals surface area contributed by atoms with Gasteiger partial charge in [-0.1, -0.05) is 18.5 Å². The molecule has 2 unspecified atom stereocenters. The highest BCUT2D eigenvalue weighted by atomic mass is 79.9. The molecule has 2 aliphatic rings. The van der Waals surface area contributed by atoms with E-state index in [0.717, 1.165) is 27.6 Å². The molecule has 2 saturated carbocycles. The van der Waals surface area contributed by atoms with E-state index < -0.39 is 0 Å². The van der Waals surface area contributed by atoms with Crippen LogP contribution < -0.4 is 0 Å². The van der Waals surface area contributed by atoms with Crippen LogP contribution in [0.1, 0.15) is 49.5 Å². The number of rotatable bonds is 3. The predicted octanol–water partition coefficient (Wildman–Crippen LogP) is 5.15. The van der Waals surface area contributed by atoms with Crippen molar-refractivity contribution in [2.45, 2.75) is 38.0 Å². The van der Waals surface area contributed by atoms with E-state index in [2.05, 4.69) is 32.8 Å². The van der Waals surface area contributed by atoms with Crippen LogP contribution in [-0.2, 0) is 0 Å². The normalized spacial score (nSPS) is 24.9. The zero-order chi connectivity index (χ0) is 13.9. The minimum Gasteiger partial charge on any atom is -0.457 e. The number of halogens is 2. The van der Waals surface area contributed by atoms with Gasteiger partial charge in [0.1, 0.15) is 10.9 Å². The number of hydrogen-bond donors (Lipinski definition) is 0. The Morgan fingerprint density at radius 3 is 2.70 bits per heavy atom. The lowest BCUT2D eigenvalue weighted by atomic mass is 10.2. The summed E-state index contributed by atoms with van der Waals surface area (Å²) >= 11 is 9.69. The molecule has 2 aliphatic carbocycles. The Hall–Kier alpha value is -0.870. The minimum atomic E-state index is 0.467. The fraction of sp³-hybridized carbons (Fsp3) is 0.467. The van der Waals surface area contributed by atoms with Crippen molar-refractivity contribution < 1.29 is 4.42 Å². The first-order valence-electron chi connectivity index (χ1n) is 6.96. The second kappa shape index (κ2) is 4.57. The van der Waals surface area contributed by atoms with Crippen molar-refractivity contribution in [1.82, 2.24) is 9.97 Å². The molecule has 2 heterocycles. The lowest BCUT2D eigenvalue weighted by molar-refractivity contribution is 0.514. The Kier molecular flexibility index (Phi) is 2.93. The SMILES string of the molecule is CC1CC1c1ccc(-c2nc(Cl)c(Br)c(C3CC3)n2)o1. The molecule has 104 valence electrons. The van der Waals surface area contributed by atoms with Gasteiger partial charge in [0.25, 0.3) is 0 Å². The van der Waals surface area contributed by atoms with Gasteiger partial charge in [-0.15, -0.1) is 0 Å². The van der Waals surface area contributed by atoms with Crippen LogP contribution in [0.2, 0.25) is 5.15 Å². The highest BCUT2D eigenvalue weighted by Gasteiger charge is 2.37. The van der Waals surface area contributed by atoms with E-state index >= 15 is 0 Å². The van der Waals surface area contributed by atoms with E-state index in [0.29, 0.717) is 22.8 Å². The maximum atomic E-state index is 6.21. The zero-order valence-electron chi connectivity index (χ0n) is 11.1. The maximum Gasteiger partial charge on any atom is 0.197 e. The van der Waals surface area contributed by atoms with Gasteiger partial charge in [0.05, 0.1) is 10.2 Å². The van der Waals surface area contributed by atoms with Gasteiger partial charge in [-0.2, -0.15) is 0 Å². The zero-order valence-corrected chi connectivity index (χ0v) is 13.4. The third-order valence-electron chi connectivity index (χ3n) is 4.12. The van der Waals surface area contributed by atoms with Gasteiger partial charge in [0.15, 0.2) is 11.6 Å². The van der Waals surface area contributed by atoms with Gasteiger partial charge < -0.3 is 4.42 Å². The summed E-state index contributed by atoms with van der Waals surface area (Å²) < 4.78 is 6.74. The van der Waals surface area contributed by atoms with Crippen LogP contribution in [0.4, 0.5) is 0 Å². The van der Waals surface area contributed by atoms with E-state index in [9.17, 15) is 0 Å². The molecule has 2 aromatic heterocycles. The molecule has 5 heteroatoms. The van der Waals surface area contributed by atoms with Crippen LogP contribution in [0.15, 0.2) is 21.0 Å². The topological polar surface area (TPSA) is 38.9 Å². The summed E-state index contributed by atoms with van der Waals surface area (Å²) in [5.41, 5.74) is 1.01. The van der Waals surface area contributed by atoms with Crippen molar-refractivity contribution in [3.8, 4) is 11.6 Å². The van der Waals surface area contributed by atoms with E-state index in [4.69, 9.17) is 16.0 Å². The number of furan rings is 1. The molecular formula is C15H14BrClN2O. The number of nitrogens with zero attached hydrogens (tertiary/aromatic N) is 2. The molecule has 0 saturated heterocycles. The molecule has 0 N–H and O–H groups in total. The van der Waals surface area contributed by atoms with Crippen LogP contribution in [0.25, 0.3) is 11.6 Å². The molecule has 0 amide bonds. The molecular weight excluding hydrogens is 340 g/mol. The van der Waals surface area contributed by atoms with Crippen LogP contribution in [-0.4, -0.2) is 9.97 Å². The molecule has 0 radical (unpaired) electrons. The lowest BCUT2D eigenvalue weighted by Gasteiger charge is -2.05. The van der Waals surface area contributed by atoms with E-state index in [1.165, 1.54) is 19.3 Å². The second-order valence-electron chi connectivity index (χ2n) is 5.83. The molecule has 0 bridgehead atoms. The first-order chi connectivity index (χ1) is 9.63. The third kappa shape index (κ3) is 2.19. The first-order valence-corrected chi connectivity index (χ1v) is 8.13. The monoisotopic (exact) mass is 352 g/mol. The van der Waals surface area contributed by atoms with Gasteiger partial charge in [-0.3, -0.25) is 0 Å². The number of aromatic nitrogens is 2. The number of hydrogen-bond acceptors (Lipinski definition) is 3. The van der Waals surface area contributed by atoms with Crippen molar-refractivity contribution in [3.63, 3.8) is 0 Å². The molecule has 2 aromatic rings. The largest absolute Gasteiger partial charge is 0.457 e. The molecule has 0 spiro atoms. The summed E-state index contributed by atoms with van der Waals surface area (Å²) in [5.74, 6) is 4.17. The molecule has 3 nitrogen and oxygen atoms in total. The van der Waals surface area contributed by atoms with Gasteiger partial charge in [-0.25, -0.2) is 9.97 Å². The summed E-state index contributed by atoms with van der Waals surface area (Å²) in [7, 11) is 0. The van der Waals surface area contributed by atoms with Crippen molar-refractivity contribution in [2.24, 2.45) is 5.92 Å². The second-order valence-corrected chi connectivity index (χ2v) is 6.98. The molecule has 2 fully saturated rings. The van der Waals surface area contributed by atoms with Crippen LogP contribution in [0.5, 0.6) is 0 Å². The molecule has 0 aromatic carbocycles. The minimum absolute atomic E-state index is 0.467. The van der Waals surface area contributed by atoms with E-state index in [-0.39, 0.29) is 0 Å². The Balaban J connectivity index is 1.72. The highest BCUT2D eigenvalue weighted by Crippen LogP contribution is 2.48. The Morgan fingerprint density at radius 2 is 2.05 bits per heavy atom. The fourth-order valence-corrected chi connectivity index (χ4v) is 3.24. The Morgan fingerprint density at radius 1 is 1.30 bits per heavy atom. The summed E-state index contributed by atoms with van der Waals surface area (Å²) in [6, 6.07) is 4.00. The van der Waals surface area contributed by atoms with Crippen LogP contribution >= 0.6 is 27.5 Å². The average molecular weight is 354 g/mol. The summed E-state index contributed by atoms with van der Waals surface area (Å²) in [5, 5.41) is 0.467. The lowest BCUT2D eigenvalue weighted by Crippen LogP contribution is -1.96. The van der Waals surface area contributed by atoms with Crippen molar-refractivity contribution in [3.05, 3.63) is 33.2 Å². The van der Waals surface area contributed by atoms with E-state index in [1.807, 2.05) is 12.1 Å². The smallest absolute Gasteiger partial charge is 0.197 e. The van der Waals surface area contributed by atoms with Crippen molar-refractivity contribution >= 4 is 27.5 Å². The average Bonchev–Trinajstić information content (AvgIpc) is 3.33. The molecule has 0 aliphatic heterocycles. The van der Waals surface area contributed by atoms with E-state index in [1.54, 1.807) is 0 Å². The first kappa shape index (κ1) is 12.8. The summed E-state index contributed by atoms with van der Waals surface area (Å²) in [6.45, 7) is 2.24. The summed E-state index contributed by atoms with van der Waals surface area (Å²) in [6.07, 6.45) is 3.56. The van der Waals surface area contributed by atoms with Gasteiger partial charge in [0, 0.05) is 11.8 Å². The Labute approximate surface area is 130 Å². The molecule has 4 rings (SSSR count). The molecule has 20 heavy (non-hydrogen) atoms. The standard InChI is InChI=1S/C15H14BrClN2O/c1-7-6-9(7)10-4-5-11(20-10)15-18-13(8-2-3-8)12(16)14(17)19-15/h4-5,7-9H,2-3,6H2,1H3. The maximum absolute atomic E-state index is 6.21.